The molecule has 0 unspecified atom stereocenters. The molecule has 1 aromatic carbocycles. The van der Waals surface area contributed by atoms with Crippen LogP contribution in [0.4, 0.5) is 0 Å². The summed E-state index contributed by atoms with van der Waals surface area (Å²) in [6.45, 7) is 12.1. The highest BCUT2D eigenvalue weighted by Crippen LogP contribution is 2.36. The van der Waals surface area contributed by atoms with Crippen LogP contribution >= 0.6 is 0 Å². The molecule has 126 valence electrons. The average molecular weight is 325 g/mol. The van der Waals surface area contributed by atoms with Gasteiger partial charge < -0.3 is 14.0 Å². The maximum atomic E-state index is 6.07. The number of ether oxygens (including phenoxy) is 1. The highest BCUT2D eigenvalue weighted by Gasteiger charge is 2.51. The minimum Gasteiger partial charge on any atom is -0.455 e. The molecule has 0 aliphatic carbocycles. The van der Waals surface area contributed by atoms with Crippen molar-refractivity contribution < 1.29 is 14.0 Å². The van der Waals surface area contributed by atoms with Gasteiger partial charge in [0.15, 0.2) is 0 Å². The number of nitrogens with zero attached hydrogens (tertiary/aromatic N) is 1. The Morgan fingerprint density at radius 3 is 2.00 bits per heavy atom. The van der Waals surface area contributed by atoms with Crippen LogP contribution in [0.15, 0.2) is 36.4 Å². The van der Waals surface area contributed by atoms with Crippen LogP contribution in [0, 0.1) is 13.8 Å². The molecule has 0 N–H and O–H groups in total. The third-order valence-electron chi connectivity index (χ3n) is 4.81. The van der Waals surface area contributed by atoms with Crippen molar-refractivity contribution in [3.8, 4) is 11.5 Å². The Kier molecular flexibility index (Phi) is 4.18. The Morgan fingerprint density at radius 1 is 0.875 bits per heavy atom. The summed E-state index contributed by atoms with van der Waals surface area (Å²) in [6, 6.07) is 11.7. The molecule has 2 aromatic rings. The first-order chi connectivity index (χ1) is 11.2. The van der Waals surface area contributed by atoms with E-state index >= 15 is 0 Å². The summed E-state index contributed by atoms with van der Waals surface area (Å²) >= 11 is 0. The Balaban J connectivity index is 1.75. The van der Waals surface area contributed by atoms with Crippen LogP contribution in [0.1, 0.15) is 39.1 Å². The topological polar surface area (TPSA) is 40.6 Å². The van der Waals surface area contributed by atoms with E-state index in [9.17, 15) is 0 Å². The number of aryl methyl sites for hydroxylation is 2. The molecule has 24 heavy (non-hydrogen) atoms. The van der Waals surface area contributed by atoms with Crippen molar-refractivity contribution in [2.45, 2.75) is 52.7 Å². The van der Waals surface area contributed by atoms with Gasteiger partial charge in [0.05, 0.1) is 16.9 Å². The number of benzene rings is 1. The number of pyridine rings is 1. The summed E-state index contributed by atoms with van der Waals surface area (Å²) in [6.07, 6.45) is 0. The van der Waals surface area contributed by atoms with E-state index in [0.29, 0.717) is 0 Å². The van der Waals surface area contributed by atoms with Gasteiger partial charge in [-0.05, 0) is 71.3 Å². The fourth-order valence-electron chi connectivity index (χ4n) is 2.58. The molecule has 0 amide bonds. The van der Waals surface area contributed by atoms with E-state index < -0.39 is 0 Å². The van der Waals surface area contributed by atoms with E-state index in [1.54, 1.807) is 0 Å². The smallest absolute Gasteiger partial charge is 0.455 e. The van der Waals surface area contributed by atoms with Crippen LogP contribution in [0.5, 0.6) is 11.5 Å². The zero-order valence-electron chi connectivity index (χ0n) is 15.2. The lowest BCUT2D eigenvalue weighted by Gasteiger charge is -2.32. The second-order valence-corrected chi connectivity index (χ2v) is 7.30. The number of aromatic nitrogens is 1. The van der Waals surface area contributed by atoms with Crippen LogP contribution in [0.25, 0.3) is 0 Å². The zero-order valence-corrected chi connectivity index (χ0v) is 15.2. The lowest BCUT2D eigenvalue weighted by Crippen LogP contribution is -2.41. The van der Waals surface area contributed by atoms with Gasteiger partial charge in [0.1, 0.15) is 11.5 Å². The van der Waals surface area contributed by atoms with Gasteiger partial charge in [-0.15, -0.1) is 0 Å². The van der Waals surface area contributed by atoms with Crippen LogP contribution in [0.2, 0.25) is 0 Å². The number of hydrogen-bond acceptors (Lipinski definition) is 4. The van der Waals surface area contributed by atoms with Crippen molar-refractivity contribution in [1.82, 2.24) is 4.98 Å². The van der Waals surface area contributed by atoms with Crippen LogP contribution < -0.4 is 10.2 Å². The van der Waals surface area contributed by atoms with Crippen molar-refractivity contribution in [3.63, 3.8) is 0 Å². The van der Waals surface area contributed by atoms with E-state index in [2.05, 4.69) is 32.7 Å². The van der Waals surface area contributed by atoms with Crippen molar-refractivity contribution in [2.75, 3.05) is 0 Å². The standard InChI is InChI=1S/C19H24BNO3/c1-13-7-12-17(14(2)21-13)22-16-10-8-15(9-11-16)20-23-18(3,4)19(5,6)24-20/h7-12H,1-6H3. The fourth-order valence-corrected chi connectivity index (χ4v) is 2.58. The minimum atomic E-state index is -0.355. The summed E-state index contributed by atoms with van der Waals surface area (Å²) in [7, 11) is -0.355. The van der Waals surface area contributed by atoms with E-state index in [4.69, 9.17) is 14.0 Å². The van der Waals surface area contributed by atoms with Gasteiger partial charge in [-0.1, -0.05) is 12.1 Å². The third kappa shape index (κ3) is 3.19. The van der Waals surface area contributed by atoms with Crippen molar-refractivity contribution in [2.24, 2.45) is 0 Å². The first-order valence-corrected chi connectivity index (χ1v) is 8.26. The molecule has 1 fully saturated rings. The predicted octanol–water partition coefficient (Wildman–Crippen LogP) is 3.79. The third-order valence-corrected chi connectivity index (χ3v) is 4.81. The Hall–Kier alpha value is -1.85. The number of hydrogen-bond donors (Lipinski definition) is 0. The lowest BCUT2D eigenvalue weighted by molar-refractivity contribution is 0.00578. The van der Waals surface area contributed by atoms with Gasteiger partial charge in [-0.25, -0.2) is 0 Å². The lowest BCUT2D eigenvalue weighted by atomic mass is 9.79. The minimum absolute atomic E-state index is 0.336. The van der Waals surface area contributed by atoms with E-state index in [1.165, 1.54) is 0 Å². The molecule has 1 aliphatic rings. The largest absolute Gasteiger partial charge is 0.494 e. The van der Waals surface area contributed by atoms with Crippen molar-refractivity contribution >= 4 is 12.6 Å². The van der Waals surface area contributed by atoms with Gasteiger partial charge in [-0.2, -0.15) is 0 Å². The monoisotopic (exact) mass is 325 g/mol. The first kappa shape index (κ1) is 17.0. The molecule has 0 saturated carbocycles. The van der Waals surface area contributed by atoms with E-state index in [-0.39, 0.29) is 18.3 Å². The van der Waals surface area contributed by atoms with Crippen LogP contribution in [-0.2, 0) is 9.31 Å². The molecular formula is C19H24BNO3. The normalized spacial score (nSPS) is 18.7. The summed E-state index contributed by atoms with van der Waals surface area (Å²) in [4.78, 5) is 4.42. The van der Waals surface area contributed by atoms with Crippen LogP contribution in [0.3, 0.4) is 0 Å². The molecule has 0 spiro atoms. The molecule has 4 nitrogen and oxygen atoms in total. The summed E-state index contributed by atoms with van der Waals surface area (Å²) < 4.78 is 18.1. The maximum Gasteiger partial charge on any atom is 0.494 e. The Labute approximate surface area is 144 Å². The molecule has 0 atom stereocenters. The number of rotatable bonds is 3. The van der Waals surface area contributed by atoms with Gasteiger partial charge in [0.25, 0.3) is 0 Å². The molecule has 1 aliphatic heterocycles. The molecule has 3 rings (SSSR count). The Morgan fingerprint density at radius 2 is 1.46 bits per heavy atom. The molecule has 1 aromatic heterocycles. The van der Waals surface area contributed by atoms with Crippen molar-refractivity contribution in [1.29, 1.82) is 0 Å². The molecule has 2 heterocycles. The fraction of sp³-hybridized carbons (Fsp3) is 0.421. The molecule has 5 heteroatoms. The van der Waals surface area contributed by atoms with Gasteiger partial charge in [0.2, 0.25) is 0 Å². The molecular weight excluding hydrogens is 301 g/mol. The van der Waals surface area contributed by atoms with Gasteiger partial charge in [0, 0.05) is 5.69 Å². The van der Waals surface area contributed by atoms with Gasteiger partial charge >= 0.3 is 7.12 Å². The van der Waals surface area contributed by atoms with Crippen molar-refractivity contribution in [3.05, 3.63) is 47.8 Å². The average Bonchev–Trinajstić information content (AvgIpc) is 2.71. The second-order valence-electron chi connectivity index (χ2n) is 7.30. The SMILES string of the molecule is Cc1ccc(Oc2ccc(B3OC(C)(C)C(C)(C)O3)cc2)c(C)n1. The molecule has 1 saturated heterocycles. The highest BCUT2D eigenvalue weighted by atomic mass is 16.7. The van der Waals surface area contributed by atoms with E-state index in [1.807, 2.05) is 50.2 Å². The Bertz CT molecular complexity index is 725. The highest BCUT2D eigenvalue weighted by molar-refractivity contribution is 6.62. The first-order valence-electron chi connectivity index (χ1n) is 8.26. The zero-order chi connectivity index (χ0) is 17.5. The van der Waals surface area contributed by atoms with E-state index in [0.717, 1.165) is 28.3 Å². The predicted molar refractivity (Wildman–Crippen MR) is 95.9 cm³/mol. The maximum absolute atomic E-state index is 6.07. The summed E-state index contributed by atoms with van der Waals surface area (Å²) in [5.41, 5.74) is 2.18. The molecule has 0 bridgehead atoms. The van der Waals surface area contributed by atoms with Gasteiger partial charge in [-0.3, -0.25) is 4.98 Å². The molecule has 0 radical (unpaired) electrons. The van der Waals surface area contributed by atoms with Crippen LogP contribution in [-0.4, -0.2) is 23.3 Å². The quantitative estimate of drug-likeness (QED) is 0.805. The summed E-state index contributed by atoms with van der Waals surface area (Å²) in [5, 5.41) is 0. The second kappa shape index (κ2) is 5.90. The summed E-state index contributed by atoms with van der Waals surface area (Å²) in [5.74, 6) is 1.54.